The number of carbonyl (C=O) groups excluding carboxylic acids is 3. The largest absolute Gasteiger partial charge is 0.336 e. The molecule has 3 heterocycles. The van der Waals surface area contributed by atoms with Crippen LogP contribution in [0.15, 0.2) is 30.3 Å². The molecule has 0 aliphatic carbocycles. The third-order valence-electron chi connectivity index (χ3n) is 5.02. The molecule has 3 fully saturated rings. The van der Waals surface area contributed by atoms with Gasteiger partial charge in [-0.1, -0.05) is 30.3 Å². The number of rotatable bonds is 3. The first kappa shape index (κ1) is 14.2. The summed E-state index contributed by atoms with van der Waals surface area (Å²) in [6.45, 7) is 1.74. The zero-order valence-electron chi connectivity index (χ0n) is 12.9. The fraction of sp³-hybridized carbons (Fsp3) is 0.471. The first-order valence-electron chi connectivity index (χ1n) is 8.13. The summed E-state index contributed by atoms with van der Waals surface area (Å²) in [6.07, 6.45) is 2.12. The monoisotopic (exact) mass is 313 g/mol. The Labute approximate surface area is 134 Å². The SMILES string of the molecule is O=C1[C@@H](N2C(=O)[C@@H]3CCCN3C2=O)CCN1Cc1ccccc1. The molecule has 4 amide bonds. The summed E-state index contributed by atoms with van der Waals surface area (Å²) >= 11 is 0. The third-order valence-corrected chi connectivity index (χ3v) is 5.02. The van der Waals surface area contributed by atoms with E-state index < -0.39 is 6.04 Å². The lowest BCUT2D eigenvalue weighted by Gasteiger charge is -2.22. The minimum atomic E-state index is -0.621. The van der Waals surface area contributed by atoms with Crippen LogP contribution in [0, 0.1) is 0 Å². The number of imide groups is 1. The van der Waals surface area contributed by atoms with Crippen molar-refractivity contribution >= 4 is 17.8 Å². The maximum absolute atomic E-state index is 12.7. The Hall–Kier alpha value is -2.37. The van der Waals surface area contributed by atoms with E-state index >= 15 is 0 Å². The maximum Gasteiger partial charge on any atom is 0.328 e. The summed E-state index contributed by atoms with van der Waals surface area (Å²) in [6, 6.07) is 8.53. The minimum absolute atomic E-state index is 0.114. The van der Waals surface area contributed by atoms with Gasteiger partial charge in [-0.15, -0.1) is 0 Å². The number of benzene rings is 1. The molecule has 0 N–H and O–H groups in total. The second kappa shape index (κ2) is 5.37. The van der Waals surface area contributed by atoms with Crippen LogP contribution in [0.5, 0.6) is 0 Å². The molecule has 3 aliphatic heterocycles. The number of hydrogen-bond donors (Lipinski definition) is 0. The normalized spacial score (nSPS) is 27.3. The van der Waals surface area contributed by atoms with Crippen molar-refractivity contribution in [3.8, 4) is 0 Å². The van der Waals surface area contributed by atoms with Crippen LogP contribution in [0.25, 0.3) is 0 Å². The van der Waals surface area contributed by atoms with E-state index in [4.69, 9.17) is 0 Å². The number of hydrogen-bond acceptors (Lipinski definition) is 3. The van der Waals surface area contributed by atoms with Crippen LogP contribution in [0.4, 0.5) is 4.79 Å². The van der Waals surface area contributed by atoms with Gasteiger partial charge in [-0.2, -0.15) is 0 Å². The molecule has 6 heteroatoms. The van der Waals surface area contributed by atoms with Crippen molar-refractivity contribution in [1.29, 1.82) is 0 Å². The first-order valence-corrected chi connectivity index (χ1v) is 8.13. The average Bonchev–Trinajstić information content (AvgIpc) is 3.22. The third kappa shape index (κ3) is 2.20. The minimum Gasteiger partial charge on any atom is -0.336 e. The summed E-state index contributed by atoms with van der Waals surface area (Å²) in [5, 5.41) is 0. The van der Waals surface area contributed by atoms with E-state index in [0.29, 0.717) is 26.1 Å². The molecular weight excluding hydrogens is 294 g/mol. The van der Waals surface area contributed by atoms with Crippen molar-refractivity contribution in [2.75, 3.05) is 13.1 Å². The number of nitrogens with zero attached hydrogens (tertiary/aromatic N) is 3. The Bertz CT molecular complexity index is 638. The lowest BCUT2D eigenvalue weighted by atomic mass is 10.1. The molecule has 4 rings (SSSR count). The second-order valence-corrected chi connectivity index (χ2v) is 6.39. The summed E-state index contributed by atoms with van der Waals surface area (Å²) in [4.78, 5) is 42.2. The molecule has 1 aromatic rings. The molecule has 120 valence electrons. The van der Waals surface area contributed by atoms with Crippen molar-refractivity contribution in [2.45, 2.75) is 37.9 Å². The molecule has 3 saturated heterocycles. The molecule has 1 aromatic carbocycles. The standard InChI is InChI=1S/C17H19N3O3/c21-15-14(8-10-18(15)11-12-5-2-1-3-6-12)20-16(22)13-7-4-9-19(13)17(20)23/h1-3,5-6,13-14H,4,7-11H2/t13-,14-/m0/s1. The molecule has 6 nitrogen and oxygen atoms in total. The van der Waals surface area contributed by atoms with Gasteiger partial charge in [-0.25, -0.2) is 9.69 Å². The van der Waals surface area contributed by atoms with Crippen LogP contribution in [0.1, 0.15) is 24.8 Å². The molecule has 0 radical (unpaired) electrons. The molecule has 2 atom stereocenters. The van der Waals surface area contributed by atoms with Gasteiger partial charge < -0.3 is 9.80 Å². The van der Waals surface area contributed by atoms with Crippen molar-refractivity contribution in [3.63, 3.8) is 0 Å². The van der Waals surface area contributed by atoms with Gasteiger partial charge in [0.15, 0.2) is 0 Å². The zero-order valence-corrected chi connectivity index (χ0v) is 12.9. The van der Waals surface area contributed by atoms with Gasteiger partial charge in [-0.3, -0.25) is 9.59 Å². The Balaban J connectivity index is 1.50. The highest BCUT2D eigenvalue weighted by Crippen LogP contribution is 2.31. The number of amides is 4. The van der Waals surface area contributed by atoms with E-state index in [2.05, 4.69) is 0 Å². The van der Waals surface area contributed by atoms with E-state index in [1.54, 1.807) is 9.80 Å². The van der Waals surface area contributed by atoms with Gasteiger partial charge in [0, 0.05) is 19.6 Å². The van der Waals surface area contributed by atoms with Crippen LogP contribution < -0.4 is 0 Å². The van der Waals surface area contributed by atoms with Crippen molar-refractivity contribution in [1.82, 2.24) is 14.7 Å². The van der Waals surface area contributed by atoms with Gasteiger partial charge in [0.05, 0.1) is 0 Å². The number of fused-ring (bicyclic) bond motifs is 1. The summed E-state index contributed by atoms with van der Waals surface area (Å²) in [5.41, 5.74) is 1.06. The Morgan fingerprint density at radius 3 is 2.43 bits per heavy atom. The van der Waals surface area contributed by atoms with Crippen LogP contribution in [-0.2, 0) is 16.1 Å². The number of urea groups is 1. The number of carbonyl (C=O) groups is 3. The molecular formula is C17H19N3O3. The molecule has 0 unspecified atom stereocenters. The van der Waals surface area contributed by atoms with Crippen molar-refractivity contribution in [2.24, 2.45) is 0 Å². The predicted octanol–water partition coefficient (Wildman–Crippen LogP) is 1.21. The lowest BCUT2D eigenvalue weighted by molar-refractivity contribution is -0.138. The quantitative estimate of drug-likeness (QED) is 0.788. The van der Waals surface area contributed by atoms with Gasteiger partial charge in [0.1, 0.15) is 12.1 Å². The fourth-order valence-electron chi connectivity index (χ4n) is 3.86. The van der Waals surface area contributed by atoms with Gasteiger partial charge in [0.2, 0.25) is 5.91 Å². The highest BCUT2D eigenvalue weighted by molar-refractivity contribution is 6.08. The second-order valence-electron chi connectivity index (χ2n) is 6.39. The van der Waals surface area contributed by atoms with Crippen LogP contribution >= 0.6 is 0 Å². The smallest absolute Gasteiger partial charge is 0.328 e. The van der Waals surface area contributed by atoms with Gasteiger partial charge in [-0.05, 0) is 24.8 Å². The highest BCUT2D eigenvalue weighted by Gasteiger charge is 2.53. The van der Waals surface area contributed by atoms with Gasteiger partial charge >= 0.3 is 6.03 Å². The summed E-state index contributed by atoms with van der Waals surface area (Å²) in [5.74, 6) is -0.302. The van der Waals surface area contributed by atoms with E-state index in [1.165, 1.54) is 4.90 Å². The highest BCUT2D eigenvalue weighted by atomic mass is 16.2. The van der Waals surface area contributed by atoms with Crippen LogP contribution in [0.2, 0.25) is 0 Å². The topological polar surface area (TPSA) is 60.9 Å². The summed E-state index contributed by atoms with van der Waals surface area (Å²) in [7, 11) is 0. The van der Waals surface area contributed by atoms with E-state index in [9.17, 15) is 14.4 Å². The van der Waals surface area contributed by atoms with Gasteiger partial charge in [0.25, 0.3) is 5.91 Å². The molecule has 0 bridgehead atoms. The van der Waals surface area contributed by atoms with Crippen molar-refractivity contribution < 1.29 is 14.4 Å². The number of likely N-dealkylation sites (tertiary alicyclic amines) is 1. The molecule has 3 aliphatic rings. The summed E-state index contributed by atoms with van der Waals surface area (Å²) < 4.78 is 0. The Morgan fingerprint density at radius 2 is 1.70 bits per heavy atom. The van der Waals surface area contributed by atoms with Crippen molar-refractivity contribution in [3.05, 3.63) is 35.9 Å². The maximum atomic E-state index is 12.7. The average molecular weight is 313 g/mol. The molecule has 0 spiro atoms. The predicted molar refractivity (Wildman–Crippen MR) is 82.2 cm³/mol. The first-order chi connectivity index (χ1) is 11.2. The molecule has 23 heavy (non-hydrogen) atoms. The van der Waals surface area contributed by atoms with E-state index in [0.717, 1.165) is 18.4 Å². The lowest BCUT2D eigenvalue weighted by Crippen LogP contribution is -2.46. The van der Waals surface area contributed by atoms with Crippen LogP contribution in [0.3, 0.4) is 0 Å². The zero-order chi connectivity index (χ0) is 16.0. The molecule has 0 saturated carbocycles. The fourth-order valence-corrected chi connectivity index (χ4v) is 3.86. The van der Waals surface area contributed by atoms with Crippen LogP contribution in [-0.4, -0.2) is 57.7 Å². The Kier molecular flexibility index (Phi) is 3.32. The molecule has 0 aromatic heterocycles. The van der Waals surface area contributed by atoms with E-state index in [1.807, 2.05) is 30.3 Å². The Morgan fingerprint density at radius 1 is 0.913 bits per heavy atom. The van der Waals surface area contributed by atoms with E-state index in [-0.39, 0.29) is 23.9 Å².